The van der Waals surface area contributed by atoms with Gasteiger partial charge >= 0.3 is 18.4 Å². The van der Waals surface area contributed by atoms with Crippen molar-refractivity contribution in [1.29, 1.82) is 0 Å². The average Bonchev–Trinajstić information content (AvgIpc) is 2.88. The predicted molar refractivity (Wildman–Crippen MR) is 155 cm³/mol. The Morgan fingerprint density at radius 2 is 1.36 bits per heavy atom. The van der Waals surface area contributed by atoms with Gasteiger partial charge in [0, 0.05) is 10.1 Å². The largest absolute Gasteiger partial charge is 0.453 e. The fourth-order valence-electron chi connectivity index (χ4n) is 3.65. The number of aliphatic hydroxyl groups excluding tert-OH is 1. The van der Waals surface area contributed by atoms with Gasteiger partial charge < -0.3 is 30.5 Å². The number of methoxy groups -OCH3 is 2. The van der Waals surface area contributed by atoms with Crippen LogP contribution in [0.15, 0.2) is 24.3 Å². The number of alkyl carbamates (subject to hydrolysis) is 2. The summed E-state index contributed by atoms with van der Waals surface area (Å²) in [6.45, 7) is 6.27. The molecule has 16 heteroatoms. The maximum Gasteiger partial charge on any atom is 0.407 e. The van der Waals surface area contributed by atoms with Crippen molar-refractivity contribution >= 4 is 46.6 Å². The highest BCUT2D eigenvalue weighted by Gasteiger charge is 2.56. The van der Waals surface area contributed by atoms with Crippen molar-refractivity contribution in [2.75, 3.05) is 20.8 Å². The minimum absolute atomic E-state index is 0.00858. The summed E-state index contributed by atoms with van der Waals surface area (Å²) in [5.41, 5.74) is 2.11. The number of hydrazine groups is 1. The number of hydrogen-bond donors (Lipinski definition) is 6. The van der Waals surface area contributed by atoms with Gasteiger partial charge in [0.25, 0.3) is 5.91 Å². The summed E-state index contributed by atoms with van der Waals surface area (Å²) in [6, 6.07) is 2.68. The van der Waals surface area contributed by atoms with E-state index in [1.54, 1.807) is 45.0 Å². The molecule has 0 saturated heterocycles. The van der Waals surface area contributed by atoms with Crippen molar-refractivity contribution in [2.24, 2.45) is 10.8 Å². The Balaban J connectivity index is 3.18. The third kappa shape index (κ3) is 11.1. The molecule has 0 fully saturated rings. The van der Waals surface area contributed by atoms with Gasteiger partial charge in [0.15, 0.2) is 0 Å². The molecule has 0 aliphatic rings. The van der Waals surface area contributed by atoms with Crippen molar-refractivity contribution in [3.8, 4) is 0 Å². The van der Waals surface area contributed by atoms with Crippen molar-refractivity contribution in [3.63, 3.8) is 0 Å². The van der Waals surface area contributed by atoms with Gasteiger partial charge in [0.05, 0.1) is 31.8 Å². The van der Waals surface area contributed by atoms with E-state index in [9.17, 15) is 37.5 Å². The van der Waals surface area contributed by atoms with E-state index in [0.29, 0.717) is 5.56 Å². The summed E-state index contributed by atoms with van der Waals surface area (Å²) < 4.78 is 51.5. The fourth-order valence-corrected chi connectivity index (χ4v) is 4.01. The Morgan fingerprint density at radius 1 is 0.857 bits per heavy atom. The van der Waals surface area contributed by atoms with Crippen molar-refractivity contribution < 1.29 is 46.9 Å². The summed E-state index contributed by atoms with van der Waals surface area (Å²) in [5, 5.41) is 17.8. The number of nitrogens with one attached hydrogen (secondary N) is 5. The molecule has 1 rings (SSSR count). The van der Waals surface area contributed by atoms with Crippen molar-refractivity contribution in [1.82, 2.24) is 26.8 Å². The second kappa shape index (κ2) is 15.6. The van der Waals surface area contributed by atoms with E-state index in [1.165, 1.54) is 0 Å². The van der Waals surface area contributed by atoms with E-state index in [0.717, 1.165) is 31.6 Å². The van der Waals surface area contributed by atoms with Gasteiger partial charge in [-0.15, -0.1) is 0 Å². The molecule has 1 aromatic carbocycles. The van der Waals surface area contributed by atoms with Crippen LogP contribution >= 0.6 is 22.6 Å². The summed E-state index contributed by atoms with van der Waals surface area (Å²) >= 11 is 2.09. The van der Waals surface area contributed by atoms with Gasteiger partial charge in [-0.05, 0) is 66.0 Å². The molecular weight excluding hydrogens is 678 g/mol. The second-order valence-corrected chi connectivity index (χ2v) is 12.4. The van der Waals surface area contributed by atoms with Gasteiger partial charge in [0.1, 0.15) is 12.1 Å². The van der Waals surface area contributed by atoms with Crippen LogP contribution in [0.25, 0.3) is 0 Å². The molecule has 0 aliphatic heterocycles. The maximum absolute atomic E-state index is 13.9. The minimum atomic E-state index is -4.89. The first kappa shape index (κ1) is 37.2. The van der Waals surface area contributed by atoms with E-state index >= 15 is 0 Å². The van der Waals surface area contributed by atoms with Crippen LogP contribution in [-0.2, 0) is 25.5 Å². The molecule has 4 atom stereocenters. The number of alkyl halides is 3. The number of halogens is 4. The zero-order valence-electron chi connectivity index (χ0n) is 24.4. The highest BCUT2D eigenvalue weighted by molar-refractivity contribution is 14.1. The zero-order chi connectivity index (χ0) is 32.5. The Kier molecular flexibility index (Phi) is 13.8. The van der Waals surface area contributed by atoms with Gasteiger partial charge in [-0.2, -0.15) is 13.2 Å². The lowest BCUT2D eigenvalue weighted by Gasteiger charge is -2.36. The number of ether oxygens (including phenoxy) is 2. The maximum atomic E-state index is 13.9. The molecule has 0 aromatic heterocycles. The first-order valence-electron chi connectivity index (χ1n) is 12.8. The highest BCUT2D eigenvalue weighted by atomic mass is 127. The van der Waals surface area contributed by atoms with Gasteiger partial charge in [0.2, 0.25) is 5.91 Å². The first-order chi connectivity index (χ1) is 19.2. The molecule has 12 nitrogen and oxygen atoms in total. The number of amides is 4. The van der Waals surface area contributed by atoms with Crippen LogP contribution in [0.3, 0.4) is 0 Å². The molecule has 1 aromatic rings. The Labute approximate surface area is 256 Å². The van der Waals surface area contributed by atoms with E-state index in [2.05, 4.69) is 53.5 Å². The van der Waals surface area contributed by atoms with E-state index in [-0.39, 0.29) is 13.0 Å². The van der Waals surface area contributed by atoms with Gasteiger partial charge in [-0.25, -0.2) is 15.0 Å². The van der Waals surface area contributed by atoms with Crippen molar-refractivity contribution in [2.45, 2.75) is 71.4 Å². The van der Waals surface area contributed by atoms with E-state index < -0.39 is 65.2 Å². The normalized spacial score (nSPS) is 15.0. The van der Waals surface area contributed by atoms with Crippen LogP contribution in [0.4, 0.5) is 22.8 Å². The number of hydrogen-bond acceptors (Lipinski definition) is 8. The molecule has 6 N–H and O–H groups in total. The molecule has 0 unspecified atom stereocenters. The summed E-state index contributed by atoms with van der Waals surface area (Å²) in [6.07, 6.45) is -8.43. The molecule has 0 spiro atoms. The van der Waals surface area contributed by atoms with Crippen LogP contribution in [0.1, 0.15) is 40.2 Å². The van der Waals surface area contributed by atoms with Gasteiger partial charge in [-0.3, -0.25) is 15.0 Å². The number of aliphatic hydroxyl groups is 1. The van der Waals surface area contributed by atoms with Crippen LogP contribution in [0.5, 0.6) is 0 Å². The monoisotopic (exact) mass is 717 g/mol. The number of rotatable bonds is 12. The lowest BCUT2D eigenvalue weighted by molar-refractivity contribution is -0.220. The van der Waals surface area contributed by atoms with E-state index in [1.807, 2.05) is 5.32 Å². The molecule has 0 saturated carbocycles. The SMILES string of the molecule is COC(=O)N[C@H](C(=O)NNC[C@H](O)[C@H](Cc1ccc(I)cc1)NC(=O)[C@@H](NC(=O)OC)C(C)(C)C(F)(F)F)C(C)(C)C. The third-order valence-corrected chi connectivity index (χ3v) is 7.14. The lowest BCUT2D eigenvalue weighted by atomic mass is 9.82. The second-order valence-electron chi connectivity index (χ2n) is 11.1. The summed E-state index contributed by atoms with van der Waals surface area (Å²) in [7, 11) is 2.09. The number of carbonyl (C=O) groups excluding carboxylic acids is 4. The molecule has 4 amide bonds. The van der Waals surface area contributed by atoms with Crippen molar-refractivity contribution in [3.05, 3.63) is 33.4 Å². The van der Waals surface area contributed by atoms with E-state index in [4.69, 9.17) is 0 Å². The van der Waals surface area contributed by atoms with Gasteiger partial charge in [-0.1, -0.05) is 32.9 Å². The van der Waals surface area contributed by atoms with Crippen LogP contribution in [-0.4, -0.2) is 80.3 Å². The zero-order valence-corrected chi connectivity index (χ0v) is 26.6. The average molecular weight is 718 g/mol. The molecule has 42 heavy (non-hydrogen) atoms. The first-order valence-corrected chi connectivity index (χ1v) is 13.8. The topological polar surface area (TPSA) is 167 Å². The molecule has 0 aliphatic carbocycles. The summed E-state index contributed by atoms with van der Waals surface area (Å²) in [4.78, 5) is 49.5. The number of benzene rings is 1. The van der Waals surface area contributed by atoms with Crippen LogP contribution < -0.4 is 26.8 Å². The Bertz CT molecular complexity index is 1080. The number of carbonyl (C=O) groups is 4. The highest BCUT2D eigenvalue weighted by Crippen LogP contribution is 2.40. The lowest BCUT2D eigenvalue weighted by Crippen LogP contribution is -2.62. The summed E-state index contributed by atoms with van der Waals surface area (Å²) in [5.74, 6) is -1.87. The molecular formula is C26H39F3IN5O7. The molecule has 0 radical (unpaired) electrons. The fraction of sp³-hybridized carbons (Fsp3) is 0.615. The molecule has 0 bridgehead atoms. The standard InChI is InChI=1S/C26H39F3IN5O7/c1-24(2,3)18(33-22(39)41-6)21(38)35-31-13-17(36)16(12-14-8-10-15(30)11-9-14)32-20(37)19(34-23(40)42-7)25(4,5)26(27,28)29/h8-11,16-19,31,36H,12-13H2,1-7H3,(H,32,37)(H,33,39)(H,34,40)(H,35,38)/t16-,17-,18+,19+/m0/s1. The quantitative estimate of drug-likeness (QED) is 0.142. The smallest absolute Gasteiger partial charge is 0.407 e. The van der Waals surface area contributed by atoms with Crippen LogP contribution in [0, 0.1) is 14.4 Å². The third-order valence-electron chi connectivity index (χ3n) is 6.42. The Hall–Kier alpha value is -2.86. The minimum Gasteiger partial charge on any atom is -0.453 e. The van der Waals surface area contributed by atoms with Crippen LogP contribution in [0.2, 0.25) is 0 Å². The predicted octanol–water partition coefficient (Wildman–Crippen LogP) is 2.38. The Morgan fingerprint density at radius 3 is 1.81 bits per heavy atom. The molecule has 0 heterocycles. The molecule has 238 valence electrons.